The average Bonchev–Trinajstić information content (AvgIpc) is 2.81. The third-order valence-electron chi connectivity index (χ3n) is 3.31. The van der Waals surface area contributed by atoms with Gasteiger partial charge in [-0.25, -0.2) is 0 Å². The van der Waals surface area contributed by atoms with Gasteiger partial charge in [0.15, 0.2) is 11.5 Å². The molecule has 0 saturated heterocycles. The Morgan fingerprint density at radius 3 is 2.68 bits per heavy atom. The van der Waals surface area contributed by atoms with Crippen LogP contribution in [0.3, 0.4) is 0 Å². The summed E-state index contributed by atoms with van der Waals surface area (Å²) in [4.78, 5) is 13.4. The van der Waals surface area contributed by atoms with Crippen molar-refractivity contribution in [3.05, 3.63) is 23.3 Å². The summed E-state index contributed by atoms with van der Waals surface area (Å²) in [5.74, 6) is 1.53. The van der Waals surface area contributed by atoms with Gasteiger partial charge in [0.25, 0.3) is 0 Å². The fourth-order valence-corrected chi connectivity index (χ4v) is 2.10. The smallest absolute Gasteiger partial charge is 0.238 e. The van der Waals surface area contributed by atoms with Crippen LogP contribution in [0.25, 0.3) is 0 Å². The van der Waals surface area contributed by atoms with Crippen molar-refractivity contribution in [1.82, 2.24) is 4.90 Å². The number of likely N-dealkylation sites (N-methyl/N-ethyl adjacent to an activating group) is 1. The summed E-state index contributed by atoms with van der Waals surface area (Å²) in [6, 6.07) is 3.51. The molecule has 1 heterocycles. The Balaban J connectivity index is 2.02. The molecule has 1 aliphatic rings. The van der Waals surface area contributed by atoms with E-state index in [0.717, 1.165) is 29.0 Å². The van der Waals surface area contributed by atoms with Gasteiger partial charge in [0, 0.05) is 13.6 Å². The molecule has 1 aromatic carbocycles. The number of benzene rings is 1. The van der Waals surface area contributed by atoms with Crippen molar-refractivity contribution in [3.63, 3.8) is 0 Å². The summed E-state index contributed by atoms with van der Waals surface area (Å²) < 4.78 is 10.7. The number of nitrogens with two attached hydrogens (primary N) is 1. The fraction of sp³-hybridized carbons (Fsp3) is 0.500. The van der Waals surface area contributed by atoms with Gasteiger partial charge in [-0.3, -0.25) is 4.79 Å². The molecule has 104 valence electrons. The Bertz CT molecular complexity index is 486. The van der Waals surface area contributed by atoms with E-state index in [1.54, 1.807) is 18.9 Å². The zero-order chi connectivity index (χ0) is 14.0. The molecule has 1 unspecified atom stereocenters. The maximum absolute atomic E-state index is 11.7. The summed E-state index contributed by atoms with van der Waals surface area (Å²) in [5, 5.41) is 0. The van der Waals surface area contributed by atoms with Crippen LogP contribution in [0.5, 0.6) is 11.5 Å². The van der Waals surface area contributed by atoms with Crippen LogP contribution in [0.15, 0.2) is 12.1 Å². The molecular formula is C14H20N2O3. The van der Waals surface area contributed by atoms with Crippen LogP contribution < -0.4 is 15.2 Å². The lowest BCUT2D eigenvalue weighted by atomic mass is 10.0. The Labute approximate surface area is 113 Å². The molecule has 2 rings (SSSR count). The van der Waals surface area contributed by atoms with Gasteiger partial charge in [-0.05, 0) is 43.5 Å². The quantitative estimate of drug-likeness (QED) is 0.883. The summed E-state index contributed by atoms with van der Waals surface area (Å²) in [6.45, 7) is 4.65. The van der Waals surface area contributed by atoms with E-state index in [4.69, 9.17) is 15.2 Å². The molecule has 2 N–H and O–H groups in total. The Hall–Kier alpha value is -1.75. The lowest BCUT2D eigenvalue weighted by Crippen LogP contribution is -2.40. The minimum Gasteiger partial charge on any atom is -0.454 e. The van der Waals surface area contributed by atoms with Crippen molar-refractivity contribution >= 4 is 5.91 Å². The number of ether oxygens (including phenoxy) is 2. The molecular weight excluding hydrogens is 244 g/mol. The average molecular weight is 264 g/mol. The van der Waals surface area contributed by atoms with Gasteiger partial charge in [0.1, 0.15) is 0 Å². The number of carbonyl (C=O) groups excluding carboxylic acids is 1. The molecule has 0 aliphatic carbocycles. The first-order chi connectivity index (χ1) is 8.99. The maximum Gasteiger partial charge on any atom is 0.238 e. The zero-order valence-corrected chi connectivity index (χ0v) is 11.6. The molecule has 19 heavy (non-hydrogen) atoms. The number of hydrogen-bond acceptors (Lipinski definition) is 4. The van der Waals surface area contributed by atoms with Gasteiger partial charge < -0.3 is 20.1 Å². The minimum atomic E-state index is -0.456. The van der Waals surface area contributed by atoms with Gasteiger partial charge in [-0.15, -0.1) is 0 Å². The van der Waals surface area contributed by atoms with Crippen molar-refractivity contribution < 1.29 is 14.3 Å². The molecule has 0 radical (unpaired) electrons. The topological polar surface area (TPSA) is 64.8 Å². The highest BCUT2D eigenvalue weighted by Gasteiger charge is 2.17. The largest absolute Gasteiger partial charge is 0.454 e. The van der Waals surface area contributed by atoms with E-state index < -0.39 is 6.04 Å². The minimum absolute atomic E-state index is 0.0432. The number of fused-ring (bicyclic) bond motifs is 1. The highest BCUT2D eigenvalue weighted by molar-refractivity contribution is 5.80. The number of hydrogen-bond donors (Lipinski definition) is 1. The van der Waals surface area contributed by atoms with Crippen LogP contribution in [0.2, 0.25) is 0 Å². The second-order valence-corrected chi connectivity index (χ2v) is 4.93. The van der Waals surface area contributed by atoms with E-state index in [-0.39, 0.29) is 12.7 Å². The van der Waals surface area contributed by atoms with Gasteiger partial charge in [0.2, 0.25) is 12.7 Å². The molecule has 1 aliphatic heterocycles. The van der Waals surface area contributed by atoms with E-state index in [0.29, 0.717) is 6.54 Å². The number of rotatable bonds is 4. The molecule has 1 amide bonds. The summed E-state index contributed by atoms with van der Waals surface area (Å²) in [6.07, 6.45) is 0.775. The predicted octanol–water partition coefficient (Wildman–Crippen LogP) is 1.07. The molecule has 1 aromatic rings. The Kier molecular flexibility index (Phi) is 3.95. The van der Waals surface area contributed by atoms with E-state index in [1.807, 2.05) is 19.1 Å². The van der Waals surface area contributed by atoms with Crippen LogP contribution in [0, 0.1) is 6.92 Å². The van der Waals surface area contributed by atoms with Crippen molar-refractivity contribution in [2.45, 2.75) is 26.3 Å². The molecule has 0 saturated carbocycles. The van der Waals surface area contributed by atoms with E-state index in [1.165, 1.54) is 0 Å². The van der Waals surface area contributed by atoms with E-state index in [2.05, 4.69) is 0 Å². The summed E-state index contributed by atoms with van der Waals surface area (Å²) >= 11 is 0. The highest BCUT2D eigenvalue weighted by Crippen LogP contribution is 2.34. The summed E-state index contributed by atoms with van der Waals surface area (Å²) in [5.41, 5.74) is 7.89. The second kappa shape index (κ2) is 5.48. The SMILES string of the molecule is Cc1cc2c(cc1CCN(C)C(=O)C(C)N)OCO2. The number of aryl methyl sites for hydroxylation is 1. The number of carbonyl (C=O) groups is 1. The first-order valence-corrected chi connectivity index (χ1v) is 6.38. The third-order valence-corrected chi connectivity index (χ3v) is 3.31. The van der Waals surface area contributed by atoms with Gasteiger partial charge in [-0.1, -0.05) is 0 Å². The maximum atomic E-state index is 11.7. The predicted molar refractivity (Wildman–Crippen MR) is 72.3 cm³/mol. The van der Waals surface area contributed by atoms with Crippen LogP contribution >= 0.6 is 0 Å². The monoisotopic (exact) mass is 264 g/mol. The first-order valence-electron chi connectivity index (χ1n) is 6.38. The number of nitrogens with zero attached hydrogens (tertiary/aromatic N) is 1. The molecule has 5 heteroatoms. The van der Waals surface area contributed by atoms with Crippen molar-refractivity contribution in [2.75, 3.05) is 20.4 Å². The fourth-order valence-electron chi connectivity index (χ4n) is 2.10. The van der Waals surface area contributed by atoms with Gasteiger partial charge >= 0.3 is 0 Å². The summed E-state index contributed by atoms with van der Waals surface area (Å²) in [7, 11) is 1.77. The zero-order valence-electron chi connectivity index (χ0n) is 11.6. The van der Waals surface area contributed by atoms with Crippen LogP contribution in [0.4, 0.5) is 0 Å². The lowest BCUT2D eigenvalue weighted by Gasteiger charge is -2.19. The molecule has 5 nitrogen and oxygen atoms in total. The van der Waals surface area contributed by atoms with Crippen LogP contribution in [0.1, 0.15) is 18.1 Å². The third kappa shape index (κ3) is 2.98. The highest BCUT2D eigenvalue weighted by atomic mass is 16.7. The van der Waals surface area contributed by atoms with Crippen molar-refractivity contribution in [2.24, 2.45) is 5.73 Å². The van der Waals surface area contributed by atoms with E-state index in [9.17, 15) is 4.79 Å². The molecule has 0 bridgehead atoms. The lowest BCUT2D eigenvalue weighted by molar-refractivity contribution is -0.130. The molecule has 0 spiro atoms. The van der Waals surface area contributed by atoms with Gasteiger partial charge in [0.05, 0.1) is 6.04 Å². The molecule has 0 aromatic heterocycles. The second-order valence-electron chi connectivity index (χ2n) is 4.93. The molecule has 1 atom stereocenters. The van der Waals surface area contributed by atoms with Crippen molar-refractivity contribution in [3.8, 4) is 11.5 Å². The van der Waals surface area contributed by atoms with Crippen molar-refractivity contribution in [1.29, 1.82) is 0 Å². The Morgan fingerprint density at radius 1 is 1.42 bits per heavy atom. The van der Waals surface area contributed by atoms with Crippen LogP contribution in [-0.2, 0) is 11.2 Å². The first kappa shape index (κ1) is 13.7. The Morgan fingerprint density at radius 2 is 2.05 bits per heavy atom. The van der Waals surface area contributed by atoms with E-state index >= 15 is 0 Å². The standard InChI is InChI=1S/C14H20N2O3/c1-9-6-12-13(19-8-18-12)7-11(9)4-5-16(3)14(17)10(2)15/h6-7,10H,4-5,8,15H2,1-3H3. The molecule has 0 fully saturated rings. The normalized spacial score (nSPS) is 14.3. The van der Waals surface area contributed by atoms with Gasteiger partial charge in [-0.2, -0.15) is 0 Å². The van der Waals surface area contributed by atoms with Crippen LogP contribution in [-0.4, -0.2) is 37.2 Å². The number of amides is 1.